The Hall–Kier alpha value is -1.85. The third kappa shape index (κ3) is 4.95. The van der Waals surface area contributed by atoms with Crippen LogP contribution in [0, 0.1) is 6.92 Å². The van der Waals surface area contributed by atoms with Crippen LogP contribution in [-0.2, 0) is 19.5 Å². The van der Waals surface area contributed by atoms with Crippen LogP contribution in [0.2, 0.25) is 5.02 Å². The van der Waals surface area contributed by atoms with Gasteiger partial charge in [0.25, 0.3) is 0 Å². The fourth-order valence-corrected chi connectivity index (χ4v) is 3.57. The van der Waals surface area contributed by atoms with Gasteiger partial charge in [-0.15, -0.1) is 24.8 Å². The van der Waals surface area contributed by atoms with Crippen molar-refractivity contribution < 1.29 is 0 Å². The molecule has 4 rings (SSSR count). The van der Waals surface area contributed by atoms with Crippen LogP contribution in [0.25, 0.3) is 11.1 Å². The van der Waals surface area contributed by atoms with E-state index in [2.05, 4.69) is 45.2 Å². The Labute approximate surface area is 183 Å². The second-order valence-corrected chi connectivity index (χ2v) is 7.22. The summed E-state index contributed by atoms with van der Waals surface area (Å²) < 4.78 is 0. The van der Waals surface area contributed by atoms with E-state index in [0.29, 0.717) is 11.6 Å². The van der Waals surface area contributed by atoms with Crippen LogP contribution < -0.4 is 5.73 Å². The van der Waals surface area contributed by atoms with Gasteiger partial charge in [0.1, 0.15) is 11.6 Å². The number of nitrogens with two attached hydrogens (primary N) is 1. The highest BCUT2D eigenvalue weighted by Gasteiger charge is 2.18. The van der Waals surface area contributed by atoms with E-state index in [9.17, 15) is 0 Å². The van der Waals surface area contributed by atoms with Crippen molar-refractivity contribution in [3.63, 3.8) is 0 Å². The van der Waals surface area contributed by atoms with E-state index in [4.69, 9.17) is 17.3 Å². The van der Waals surface area contributed by atoms with E-state index in [0.717, 1.165) is 36.6 Å². The van der Waals surface area contributed by atoms with Gasteiger partial charge >= 0.3 is 0 Å². The summed E-state index contributed by atoms with van der Waals surface area (Å²) in [5.41, 5.74) is 12.3. The number of rotatable bonds is 3. The van der Waals surface area contributed by atoms with Crippen LogP contribution in [0.3, 0.4) is 0 Å². The number of hydrogen-bond donors (Lipinski definition) is 1. The summed E-state index contributed by atoms with van der Waals surface area (Å²) in [6.45, 7) is 4.56. The van der Waals surface area contributed by atoms with Gasteiger partial charge in [-0.2, -0.15) is 0 Å². The Morgan fingerprint density at radius 2 is 1.75 bits per heavy atom. The predicted molar refractivity (Wildman–Crippen MR) is 120 cm³/mol. The molecule has 0 spiro atoms. The molecule has 0 bridgehead atoms. The minimum Gasteiger partial charge on any atom is -0.383 e. The fraction of sp³-hybridized carbons (Fsp3) is 0.238. The molecule has 148 valence electrons. The smallest absolute Gasteiger partial charge is 0.131 e. The largest absolute Gasteiger partial charge is 0.383 e. The minimum atomic E-state index is 0. The number of nitrogen functional groups attached to an aromatic ring is 1. The molecule has 7 heteroatoms. The number of benzene rings is 2. The number of fused-ring (bicyclic) bond motifs is 1. The number of anilines is 1. The molecule has 28 heavy (non-hydrogen) atoms. The first kappa shape index (κ1) is 22.4. The molecule has 0 unspecified atom stereocenters. The monoisotopic (exact) mass is 436 g/mol. The van der Waals surface area contributed by atoms with E-state index in [1.54, 1.807) is 0 Å². The van der Waals surface area contributed by atoms with Crippen molar-refractivity contribution in [3.8, 4) is 11.1 Å². The molecule has 2 aromatic carbocycles. The molecule has 4 nitrogen and oxygen atoms in total. The average molecular weight is 438 g/mol. The van der Waals surface area contributed by atoms with E-state index < -0.39 is 0 Å². The van der Waals surface area contributed by atoms with Crippen LogP contribution >= 0.6 is 36.4 Å². The molecule has 1 aliphatic rings. The van der Waals surface area contributed by atoms with Crippen molar-refractivity contribution >= 4 is 42.2 Å². The lowest BCUT2D eigenvalue weighted by Gasteiger charge is -2.29. The van der Waals surface area contributed by atoms with Crippen LogP contribution in [0.1, 0.15) is 22.5 Å². The molecule has 0 amide bonds. The van der Waals surface area contributed by atoms with Crippen LogP contribution in [0.4, 0.5) is 5.82 Å². The molecule has 2 N–H and O–H groups in total. The Morgan fingerprint density at radius 1 is 1.04 bits per heavy atom. The molecular weight excluding hydrogens is 415 g/mol. The number of aromatic nitrogens is 2. The lowest BCUT2D eigenvalue weighted by atomic mass is 9.94. The number of halogens is 3. The summed E-state index contributed by atoms with van der Waals surface area (Å²) in [7, 11) is 0. The molecule has 0 aliphatic carbocycles. The second-order valence-electron chi connectivity index (χ2n) is 6.78. The van der Waals surface area contributed by atoms with Crippen molar-refractivity contribution in [3.05, 3.63) is 76.2 Å². The Bertz CT molecular complexity index is 945. The van der Waals surface area contributed by atoms with Crippen molar-refractivity contribution in [2.45, 2.75) is 26.4 Å². The quantitative estimate of drug-likeness (QED) is 0.620. The van der Waals surface area contributed by atoms with Gasteiger partial charge in [0.15, 0.2) is 0 Å². The lowest BCUT2D eigenvalue weighted by Crippen LogP contribution is -2.30. The van der Waals surface area contributed by atoms with Gasteiger partial charge in [-0.25, -0.2) is 9.97 Å². The van der Waals surface area contributed by atoms with Gasteiger partial charge in [0.2, 0.25) is 0 Å². The summed E-state index contributed by atoms with van der Waals surface area (Å²) >= 11 is 5.99. The standard InChI is InChI=1S/C21H21ClN4.2ClH/c1-14-24-11-19(21(23)25-14)13-26-9-8-17-10-16(2-3-18(17)12-26)15-4-6-20(22)7-5-15;;/h2-7,10-11H,8-9,12-13H2,1H3,(H2,23,24,25);2*1H. The molecule has 0 atom stereocenters. The third-order valence-electron chi connectivity index (χ3n) is 4.89. The summed E-state index contributed by atoms with van der Waals surface area (Å²) in [4.78, 5) is 10.9. The highest BCUT2D eigenvalue weighted by Crippen LogP contribution is 2.28. The molecule has 0 fully saturated rings. The van der Waals surface area contributed by atoms with Crippen molar-refractivity contribution in [2.75, 3.05) is 12.3 Å². The summed E-state index contributed by atoms with van der Waals surface area (Å²) in [5.74, 6) is 1.30. The zero-order chi connectivity index (χ0) is 18.1. The van der Waals surface area contributed by atoms with Crippen molar-refractivity contribution in [1.82, 2.24) is 14.9 Å². The predicted octanol–water partition coefficient (Wildman–Crippen LogP) is 5.09. The summed E-state index contributed by atoms with van der Waals surface area (Å²) in [6, 6.07) is 14.7. The van der Waals surface area contributed by atoms with Crippen LogP contribution in [-0.4, -0.2) is 21.4 Å². The molecule has 2 heterocycles. The van der Waals surface area contributed by atoms with E-state index in [1.165, 1.54) is 22.3 Å². The second kappa shape index (κ2) is 9.57. The maximum Gasteiger partial charge on any atom is 0.131 e. The van der Waals surface area contributed by atoms with Gasteiger partial charge in [0, 0.05) is 36.4 Å². The topological polar surface area (TPSA) is 55.0 Å². The van der Waals surface area contributed by atoms with E-state index >= 15 is 0 Å². The molecule has 0 radical (unpaired) electrons. The van der Waals surface area contributed by atoms with Gasteiger partial charge in [0.05, 0.1) is 0 Å². The van der Waals surface area contributed by atoms with E-state index in [1.807, 2.05) is 25.3 Å². The Balaban J connectivity index is 0.00000140. The first-order valence-corrected chi connectivity index (χ1v) is 9.14. The maximum atomic E-state index is 6.04. The van der Waals surface area contributed by atoms with Crippen LogP contribution in [0.5, 0.6) is 0 Å². The molecule has 3 aromatic rings. The molecular formula is C21H23Cl3N4. The van der Waals surface area contributed by atoms with Gasteiger partial charge in [-0.3, -0.25) is 4.90 Å². The van der Waals surface area contributed by atoms with Gasteiger partial charge in [-0.05, 0) is 47.7 Å². The zero-order valence-electron chi connectivity index (χ0n) is 15.6. The molecule has 0 saturated heterocycles. The normalized spacial score (nSPS) is 13.2. The van der Waals surface area contributed by atoms with E-state index in [-0.39, 0.29) is 24.8 Å². The summed E-state index contributed by atoms with van der Waals surface area (Å²) in [6.07, 6.45) is 2.88. The molecule has 1 aromatic heterocycles. The highest BCUT2D eigenvalue weighted by atomic mass is 35.5. The average Bonchev–Trinajstić information content (AvgIpc) is 2.64. The van der Waals surface area contributed by atoms with Crippen molar-refractivity contribution in [1.29, 1.82) is 0 Å². The SMILES string of the molecule is Cc1ncc(CN2CCc3cc(-c4ccc(Cl)cc4)ccc3C2)c(N)n1.Cl.Cl. The third-order valence-corrected chi connectivity index (χ3v) is 5.14. The maximum absolute atomic E-state index is 6.04. The lowest BCUT2D eigenvalue weighted by molar-refractivity contribution is 0.245. The zero-order valence-corrected chi connectivity index (χ0v) is 17.9. The molecule has 0 saturated carbocycles. The number of hydrogen-bond acceptors (Lipinski definition) is 4. The first-order chi connectivity index (χ1) is 12.6. The van der Waals surface area contributed by atoms with Gasteiger partial charge < -0.3 is 5.73 Å². The first-order valence-electron chi connectivity index (χ1n) is 8.76. The van der Waals surface area contributed by atoms with Crippen LogP contribution in [0.15, 0.2) is 48.7 Å². The Kier molecular flexibility index (Phi) is 7.67. The minimum absolute atomic E-state index is 0. The van der Waals surface area contributed by atoms with Crippen molar-refractivity contribution in [2.24, 2.45) is 0 Å². The number of nitrogens with zero attached hydrogens (tertiary/aromatic N) is 3. The fourth-order valence-electron chi connectivity index (χ4n) is 3.44. The van der Waals surface area contributed by atoms with Gasteiger partial charge in [-0.1, -0.05) is 41.9 Å². The number of aryl methyl sites for hydroxylation is 1. The summed E-state index contributed by atoms with van der Waals surface area (Å²) in [5, 5.41) is 0.765. The molecule has 1 aliphatic heterocycles. The Morgan fingerprint density at radius 3 is 2.46 bits per heavy atom. The highest BCUT2D eigenvalue weighted by molar-refractivity contribution is 6.30.